The van der Waals surface area contributed by atoms with Gasteiger partial charge in [0.2, 0.25) is 0 Å². The van der Waals surface area contributed by atoms with Crippen LogP contribution in [0.1, 0.15) is 121 Å². The number of esters is 1. The standard InChI is InChI=1S/C78H66BF2N4O4/c1-46-22-32-56(33-23-46)82(57-34-24-47(2)25-35-57)58-38-28-54(29-39-58)62-41-42-66-71-64(62)18-13-19-65(71)76(87)83(77(66)88)59-36-26-52(27-37-59)14-12-21-69(86)89-60-44-48(3)70(49(4)45-60)72-73-50(5)61-40-30-53-15-8-10-17-63(53)75(61)84(73)79(80,81)85-74(72)51(6)67-43-31-55-16-9-11-20-68(55)78(67,85)7/h8-11,13,15-20,22-29,32-39,41-42,44-45H,12,14,21,30-31,40,43H2,1-7H3/q-1. The second kappa shape index (κ2) is 20.9. The molecule has 1 atom stereocenters. The Kier molecular flexibility index (Phi) is 13.1. The van der Waals surface area contributed by atoms with Gasteiger partial charge in [0.1, 0.15) is 5.75 Å². The van der Waals surface area contributed by atoms with Crippen LogP contribution in [0.15, 0.2) is 205 Å². The summed E-state index contributed by atoms with van der Waals surface area (Å²) in [4.78, 5) is 47.6. The van der Waals surface area contributed by atoms with Crippen molar-refractivity contribution in [3.63, 3.8) is 0 Å². The van der Waals surface area contributed by atoms with Crippen molar-refractivity contribution in [1.29, 1.82) is 0 Å². The lowest BCUT2D eigenvalue weighted by Gasteiger charge is -2.56. The van der Waals surface area contributed by atoms with Crippen LogP contribution in [0.2, 0.25) is 0 Å². The molecule has 3 aliphatic heterocycles. The number of rotatable bonds is 11. The second-order valence-corrected chi connectivity index (χ2v) is 25.2. The first-order valence-electron chi connectivity index (χ1n) is 31.1. The van der Waals surface area contributed by atoms with Crippen LogP contribution in [-0.2, 0) is 36.0 Å². The molecule has 0 fully saturated rings. The van der Waals surface area contributed by atoms with E-state index < -0.39 is 12.5 Å². The number of carbonyl (C=O) groups is 3. The van der Waals surface area contributed by atoms with Crippen molar-refractivity contribution in [2.45, 2.75) is 99.0 Å². The van der Waals surface area contributed by atoms with Crippen LogP contribution in [0.25, 0.3) is 38.7 Å². The molecule has 8 nitrogen and oxygen atoms in total. The van der Waals surface area contributed by atoms with E-state index in [1.54, 1.807) is 18.2 Å². The first kappa shape index (κ1) is 55.7. The highest BCUT2D eigenvalue weighted by atomic mass is 19.2. The predicted molar refractivity (Wildman–Crippen MR) is 354 cm³/mol. The van der Waals surface area contributed by atoms with Gasteiger partial charge in [0.25, 0.3) is 11.8 Å². The number of aryl methyl sites for hydroxylation is 7. The number of amides is 2. The van der Waals surface area contributed by atoms with Crippen LogP contribution in [0.5, 0.6) is 5.75 Å². The predicted octanol–water partition coefficient (Wildman–Crippen LogP) is 18.3. The molecule has 11 heteroatoms. The van der Waals surface area contributed by atoms with E-state index in [0.29, 0.717) is 70.7 Å². The molecule has 2 amide bonds. The fraction of sp³-hybridized carbons (Fsp3) is 0.192. The van der Waals surface area contributed by atoms with Crippen LogP contribution in [-0.4, -0.2) is 34.0 Å². The zero-order valence-corrected chi connectivity index (χ0v) is 51.1. The third-order valence-corrected chi connectivity index (χ3v) is 19.8. The molecule has 2 aliphatic carbocycles. The van der Waals surface area contributed by atoms with E-state index in [1.165, 1.54) is 25.3 Å². The van der Waals surface area contributed by atoms with Gasteiger partial charge < -0.3 is 27.6 Å². The van der Waals surface area contributed by atoms with Crippen LogP contribution in [0.4, 0.5) is 31.4 Å². The number of carbonyl (C=O) groups excluding carboxylic acids is 3. The van der Waals surface area contributed by atoms with Crippen LogP contribution >= 0.6 is 0 Å². The van der Waals surface area contributed by atoms with Gasteiger partial charge in [0, 0.05) is 62.7 Å². The molecule has 4 heterocycles. The van der Waals surface area contributed by atoms with E-state index in [4.69, 9.17) is 4.74 Å². The number of ether oxygens (including phenoxy) is 1. The van der Waals surface area contributed by atoms with E-state index in [2.05, 4.69) is 104 Å². The molecule has 440 valence electrons. The number of aromatic nitrogens is 1. The van der Waals surface area contributed by atoms with Crippen molar-refractivity contribution in [3.8, 4) is 28.1 Å². The summed E-state index contributed by atoms with van der Waals surface area (Å²) in [6.45, 7) is 9.84. The molecule has 10 aromatic rings. The molecule has 0 saturated heterocycles. The largest absolute Gasteiger partial charge is 0.530 e. The number of allylic oxidation sites excluding steroid dienone is 1. The number of halogens is 2. The molecule has 1 aromatic heterocycles. The topological polar surface area (TPSA) is 75.1 Å². The van der Waals surface area contributed by atoms with Gasteiger partial charge in [0.15, 0.2) is 0 Å². The summed E-state index contributed by atoms with van der Waals surface area (Å²) in [5.41, 5.74) is 21.4. The Morgan fingerprint density at radius 3 is 1.87 bits per heavy atom. The van der Waals surface area contributed by atoms with Gasteiger partial charge in [-0.05, 0) is 243 Å². The Morgan fingerprint density at radius 2 is 1.19 bits per heavy atom. The lowest BCUT2D eigenvalue weighted by molar-refractivity contribution is -0.134. The lowest BCUT2D eigenvalue weighted by Crippen LogP contribution is -2.62. The third-order valence-electron chi connectivity index (χ3n) is 19.8. The monoisotopic (exact) mass is 1170 g/mol. The van der Waals surface area contributed by atoms with Gasteiger partial charge in [0.05, 0.1) is 11.2 Å². The highest BCUT2D eigenvalue weighted by Crippen LogP contribution is 2.62. The number of imide groups is 1. The van der Waals surface area contributed by atoms with E-state index in [9.17, 15) is 14.4 Å². The van der Waals surface area contributed by atoms with Gasteiger partial charge in [-0.3, -0.25) is 14.4 Å². The summed E-state index contributed by atoms with van der Waals surface area (Å²) in [5, 5.41) is 1.47. The number of hydrogen-bond acceptors (Lipinski definition) is 6. The van der Waals surface area contributed by atoms with Gasteiger partial charge in [-0.25, -0.2) is 4.90 Å². The summed E-state index contributed by atoms with van der Waals surface area (Å²) in [6.07, 6.45) is 4.12. The zero-order chi connectivity index (χ0) is 61.4. The second-order valence-electron chi connectivity index (χ2n) is 25.2. The van der Waals surface area contributed by atoms with Gasteiger partial charge in [-0.2, -0.15) is 0 Å². The molecule has 15 rings (SSSR count). The minimum Gasteiger partial charge on any atom is -0.457 e. The minimum absolute atomic E-state index is 0.144. The molecular formula is C78H66BF2N4O4-. The molecule has 1 unspecified atom stereocenters. The molecule has 0 N–H and O–H groups in total. The Morgan fingerprint density at radius 1 is 0.607 bits per heavy atom. The molecule has 0 spiro atoms. The van der Waals surface area contributed by atoms with Crippen molar-refractivity contribution in [2.24, 2.45) is 0 Å². The Hall–Kier alpha value is -9.87. The molecule has 0 radical (unpaired) electrons. The van der Waals surface area contributed by atoms with Crippen LogP contribution in [0, 0.1) is 34.6 Å². The zero-order valence-electron chi connectivity index (χ0n) is 51.1. The quantitative estimate of drug-likeness (QED) is 0.0556. The smallest absolute Gasteiger partial charge is 0.457 e. The number of anilines is 4. The molecule has 0 saturated carbocycles. The number of fused-ring (bicyclic) bond motifs is 10. The van der Waals surface area contributed by atoms with Crippen LogP contribution in [0.3, 0.4) is 0 Å². The van der Waals surface area contributed by atoms with E-state index >= 15 is 8.63 Å². The van der Waals surface area contributed by atoms with Gasteiger partial charge in [-0.15, -0.1) is 0 Å². The molecule has 0 bridgehead atoms. The summed E-state index contributed by atoms with van der Waals surface area (Å²) in [6, 6.07) is 62.1. The summed E-state index contributed by atoms with van der Waals surface area (Å²) in [5.74, 6) is -0.758. The normalized spacial score (nSPS) is 16.9. The maximum atomic E-state index is 18.6. The highest BCUT2D eigenvalue weighted by molar-refractivity contribution is 6.64. The van der Waals surface area contributed by atoms with E-state index in [-0.39, 0.29) is 24.2 Å². The van der Waals surface area contributed by atoms with Crippen LogP contribution < -0.4 is 14.5 Å². The fourth-order valence-corrected chi connectivity index (χ4v) is 15.7. The van der Waals surface area contributed by atoms with Crippen molar-refractivity contribution in [1.82, 2.24) is 9.29 Å². The Bertz CT molecular complexity index is 4640. The number of benzene rings is 9. The van der Waals surface area contributed by atoms with Crippen molar-refractivity contribution in [2.75, 3.05) is 9.80 Å². The third kappa shape index (κ3) is 8.63. The maximum Gasteiger partial charge on any atom is 0.530 e. The molecule has 5 aliphatic rings. The molecular weight excluding hydrogens is 1110 g/mol. The number of nitrogens with zero attached hydrogens (tertiary/aromatic N) is 4. The minimum atomic E-state index is -4.39. The lowest BCUT2D eigenvalue weighted by atomic mass is 9.70. The van der Waals surface area contributed by atoms with E-state index in [1.807, 2.05) is 120 Å². The Balaban J connectivity index is 0.660. The summed E-state index contributed by atoms with van der Waals surface area (Å²) in [7, 11) is 0. The van der Waals surface area contributed by atoms with Crippen molar-refractivity contribution in [3.05, 3.63) is 283 Å². The summed E-state index contributed by atoms with van der Waals surface area (Å²) < 4.78 is 44.7. The maximum absolute atomic E-state index is 18.6. The van der Waals surface area contributed by atoms with Crippen molar-refractivity contribution >= 4 is 63.8 Å². The summed E-state index contributed by atoms with van der Waals surface area (Å²) >= 11 is 0. The number of hydrogen-bond donors (Lipinski definition) is 0. The molecule has 9 aromatic carbocycles. The molecule has 89 heavy (non-hydrogen) atoms. The van der Waals surface area contributed by atoms with Gasteiger partial charge >= 0.3 is 12.9 Å². The first-order valence-corrected chi connectivity index (χ1v) is 31.1. The fourth-order valence-electron chi connectivity index (χ4n) is 15.7. The highest BCUT2D eigenvalue weighted by Gasteiger charge is 2.59. The average molecular weight is 1170 g/mol. The SMILES string of the molecule is CC1=C2CCc3ccccc3C2(C)N2C1=C(c1c(C)cc(OC(=O)CCCc3ccc(N4C(=O)c5cccc6c(-c7ccc(N(c8ccc(C)cc8)c8ccc(C)cc8)cc7)ccc(c56)C4=O)cc3)cc1C)c1c(C)c3c(n1[B-]2(F)F)-c1ccccc1CC3. The van der Waals surface area contributed by atoms with Gasteiger partial charge in [-0.1, -0.05) is 126 Å². The van der Waals surface area contributed by atoms with Crippen molar-refractivity contribution < 1.29 is 27.8 Å². The Labute approximate surface area is 518 Å². The first-order chi connectivity index (χ1) is 43.0. The van der Waals surface area contributed by atoms with E-state index in [0.717, 1.165) is 119 Å². The average Bonchev–Trinajstić information content (AvgIpc) is 1.51.